The molecule has 0 aromatic heterocycles. The van der Waals surface area contributed by atoms with Crippen molar-refractivity contribution in [2.45, 2.75) is 37.0 Å². The zero-order valence-electron chi connectivity index (χ0n) is 7.49. The summed E-state index contributed by atoms with van der Waals surface area (Å²) >= 11 is 0. The maximum absolute atomic E-state index is 11.2. The molecule has 2 aliphatic rings. The normalized spacial score (nSPS) is 36.8. The third-order valence-electron chi connectivity index (χ3n) is 3.62. The Labute approximate surface area is 82.8 Å². The van der Waals surface area contributed by atoms with Crippen LogP contribution in [0.25, 0.3) is 0 Å². The Kier molecular flexibility index (Phi) is 2.13. The first-order valence-corrected chi connectivity index (χ1v) is 6.84. The Morgan fingerprint density at radius 3 is 2.38 bits per heavy atom. The average Bonchev–Trinajstić information content (AvgIpc) is 1.78. The molecular weight excluding hydrogens is 212 g/mol. The second-order valence-electron chi connectivity index (χ2n) is 4.01. The van der Waals surface area contributed by atoms with Crippen molar-refractivity contribution in [3.8, 4) is 0 Å². The van der Waals surface area contributed by atoms with Crippen LogP contribution in [0.3, 0.4) is 0 Å². The molecule has 2 atom stereocenters. The van der Waals surface area contributed by atoms with Crippen LogP contribution in [-0.2, 0) is 13.8 Å². The molecule has 2 rings (SSSR count). The minimum Gasteiger partial charge on any atom is -0.381 e. The Hall–Kier alpha value is 0.200. The average molecular weight is 225 g/mol. The minimum absolute atomic E-state index is 0.111. The van der Waals surface area contributed by atoms with Gasteiger partial charge in [-0.25, -0.2) is 8.42 Å². The summed E-state index contributed by atoms with van der Waals surface area (Å²) in [6.07, 6.45) is 3.68. The fourth-order valence-corrected chi connectivity index (χ4v) is 4.77. The molecule has 0 aromatic rings. The van der Waals surface area contributed by atoms with Gasteiger partial charge in [-0.2, -0.15) is 0 Å². The lowest BCUT2D eigenvalue weighted by Crippen LogP contribution is -2.63. The molecular formula is C8H13ClO3S. The molecule has 0 bridgehead atoms. The zero-order chi connectivity index (χ0) is 9.69. The van der Waals surface area contributed by atoms with E-state index in [1.54, 1.807) is 7.11 Å². The molecule has 0 unspecified atom stereocenters. The Morgan fingerprint density at radius 2 is 2.08 bits per heavy atom. The first kappa shape index (κ1) is 9.74. The van der Waals surface area contributed by atoms with Gasteiger partial charge < -0.3 is 4.74 Å². The number of rotatable bonds is 2. The summed E-state index contributed by atoms with van der Waals surface area (Å²) in [5, 5.41) is -0.361. The number of ether oxygens (including phenoxy) is 1. The lowest BCUT2D eigenvalue weighted by atomic mass is 9.54. The molecule has 0 saturated heterocycles. The SMILES string of the molecule is CO[C@H]1C[C@@H](S(=O)(=O)Cl)C12CCC2. The molecule has 1 spiro atoms. The standard InChI is InChI=1S/C8H13ClO3S/c1-12-6-5-7(13(9,10)11)8(6)3-2-4-8/h6-7H,2-5H2,1H3/t6-,7+/m0/s1. The zero-order valence-corrected chi connectivity index (χ0v) is 9.07. The topological polar surface area (TPSA) is 43.4 Å². The van der Waals surface area contributed by atoms with E-state index in [2.05, 4.69) is 0 Å². The van der Waals surface area contributed by atoms with Crippen LogP contribution in [0.4, 0.5) is 0 Å². The predicted octanol–water partition coefficient (Wildman–Crippen LogP) is 1.51. The van der Waals surface area contributed by atoms with E-state index in [9.17, 15) is 8.42 Å². The van der Waals surface area contributed by atoms with Gasteiger partial charge in [-0.3, -0.25) is 0 Å². The van der Waals surface area contributed by atoms with Crippen molar-refractivity contribution in [3.63, 3.8) is 0 Å². The molecule has 0 amide bonds. The molecule has 5 heteroatoms. The highest BCUT2D eigenvalue weighted by molar-refractivity contribution is 8.14. The molecule has 0 N–H and O–H groups in total. The second kappa shape index (κ2) is 2.84. The van der Waals surface area contributed by atoms with E-state index < -0.39 is 9.05 Å². The Bertz CT molecular complexity index is 307. The van der Waals surface area contributed by atoms with Crippen LogP contribution in [0.15, 0.2) is 0 Å². The molecule has 2 aliphatic carbocycles. The number of hydrogen-bond donors (Lipinski definition) is 0. The molecule has 0 heterocycles. The lowest BCUT2D eigenvalue weighted by molar-refractivity contribution is -0.130. The van der Waals surface area contributed by atoms with Crippen molar-refractivity contribution in [1.82, 2.24) is 0 Å². The van der Waals surface area contributed by atoms with Crippen LogP contribution in [0.2, 0.25) is 0 Å². The monoisotopic (exact) mass is 224 g/mol. The highest BCUT2D eigenvalue weighted by atomic mass is 35.7. The van der Waals surface area contributed by atoms with Crippen molar-refractivity contribution >= 4 is 19.7 Å². The van der Waals surface area contributed by atoms with Gasteiger partial charge in [0, 0.05) is 23.2 Å². The summed E-state index contributed by atoms with van der Waals surface area (Å²) in [6, 6.07) is 0. The van der Waals surface area contributed by atoms with Crippen molar-refractivity contribution in [3.05, 3.63) is 0 Å². The highest BCUT2D eigenvalue weighted by Crippen LogP contribution is 2.60. The molecule has 0 aromatic carbocycles. The van der Waals surface area contributed by atoms with E-state index in [-0.39, 0.29) is 16.8 Å². The number of methoxy groups -OCH3 is 1. The quantitative estimate of drug-likeness (QED) is 0.668. The van der Waals surface area contributed by atoms with Crippen molar-refractivity contribution < 1.29 is 13.2 Å². The van der Waals surface area contributed by atoms with Crippen LogP contribution < -0.4 is 0 Å². The summed E-state index contributed by atoms with van der Waals surface area (Å²) in [5.74, 6) is 0. The van der Waals surface area contributed by atoms with Crippen LogP contribution in [-0.4, -0.2) is 26.9 Å². The molecule has 13 heavy (non-hydrogen) atoms. The van der Waals surface area contributed by atoms with Gasteiger partial charge in [-0.1, -0.05) is 6.42 Å². The van der Waals surface area contributed by atoms with E-state index in [1.165, 1.54) is 0 Å². The van der Waals surface area contributed by atoms with Gasteiger partial charge in [0.1, 0.15) is 0 Å². The van der Waals surface area contributed by atoms with E-state index in [0.717, 1.165) is 19.3 Å². The van der Waals surface area contributed by atoms with Gasteiger partial charge in [-0.05, 0) is 19.3 Å². The summed E-state index contributed by atoms with van der Waals surface area (Å²) in [5.41, 5.74) is -0.130. The second-order valence-corrected chi connectivity index (χ2v) is 6.82. The summed E-state index contributed by atoms with van der Waals surface area (Å²) in [7, 11) is 3.63. The first-order chi connectivity index (χ1) is 6.00. The van der Waals surface area contributed by atoms with Crippen molar-refractivity contribution in [2.75, 3.05) is 7.11 Å². The van der Waals surface area contributed by atoms with E-state index in [4.69, 9.17) is 15.4 Å². The maximum Gasteiger partial charge on any atom is 0.236 e. The fraction of sp³-hybridized carbons (Fsp3) is 1.00. The third kappa shape index (κ3) is 1.22. The number of halogens is 1. The first-order valence-electron chi connectivity index (χ1n) is 4.47. The molecule has 0 aliphatic heterocycles. The van der Waals surface area contributed by atoms with Crippen molar-refractivity contribution in [1.29, 1.82) is 0 Å². The van der Waals surface area contributed by atoms with Gasteiger partial charge in [0.05, 0.1) is 11.4 Å². The molecule has 0 radical (unpaired) electrons. The lowest BCUT2D eigenvalue weighted by Gasteiger charge is -2.59. The van der Waals surface area contributed by atoms with Crippen LogP contribution in [0.5, 0.6) is 0 Å². The minimum atomic E-state index is -3.39. The van der Waals surface area contributed by atoms with Gasteiger partial charge in [0.15, 0.2) is 0 Å². The molecule has 3 nitrogen and oxygen atoms in total. The van der Waals surface area contributed by atoms with E-state index in [1.807, 2.05) is 0 Å². The summed E-state index contributed by atoms with van der Waals surface area (Å²) < 4.78 is 27.6. The highest BCUT2D eigenvalue weighted by Gasteiger charge is 2.63. The molecule has 2 saturated carbocycles. The van der Waals surface area contributed by atoms with Gasteiger partial charge >= 0.3 is 0 Å². The largest absolute Gasteiger partial charge is 0.381 e. The Balaban J connectivity index is 2.19. The summed E-state index contributed by atoms with van der Waals surface area (Å²) in [6.45, 7) is 0. The van der Waals surface area contributed by atoms with Gasteiger partial charge in [-0.15, -0.1) is 0 Å². The fourth-order valence-electron chi connectivity index (χ4n) is 2.67. The van der Waals surface area contributed by atoms with Gasteiger partial charge in [0.25, 0.3) is 0 Å². The van der Waals surface area contributed by atoms with Crippen LogP contribution >= 0.6 is 10.7 Å². The number of hydrogen-bond acceptors (Lipinski definition) is 3. The van der Waals surface area contributed by atoms with Crippen LogP contribution in [0, 0.1) is 5.41 Å². The maximum atomic E-state index is 11.2. The summed E-state index contributed by atoms with van der Waals surface area (Å²) in [4.78, 5) is 0. The van der Waals surface area contributed by atoms with Crippen LogP contribution in [0.1, 0.15) is 25.7 Å². The van der Waals surface area contributed by atoms with E-state index >= 15 is 0 Å². The van der Waals surface area contributed by atoms with E-state index in [0.29, 0.717) is 6.42 Å². The molecule has 76 valence electrons. The van der Waals surface area contributed by atoms with Gasteiger partial charge in [0.2, 0.25) is 9.05 Å². The smallest absolute Gasteiger partial charge is 0.236 e. The Morgan fingerprint density at radius 1 is 1.46 bits per heavy atom. The predicted molar refractivity (Wildman–Crippen MR) is 50.3 cm³/mol. The molecule has 2 fully saturated rings. The van der Waals surface area contributed by atoms with Crippen molar-refractivity contribution in [2.24, 2.45) is 5.41 Å². The third-order valence-corrected chi connectivity index (χ3v) is 5.61.